The summed E-state index contributed by atoms with van der Waals surface area (Å²) in [5.41, 5.74) is 0.898. The van der Waals surface area contributed by atoms with Crippen molar-refractivity contribution in [2.24, 2.45) is 0 Å². The van der Waals surface area contributed by atoms with Crippen molar-refractivity contribution in [3.63, 3.8) is 0 Å². The van der Waals surface area contributed by atoms with Gasteiger partial charge in [0, 0.05) is 29.7 Å². The zero-order valence-corrected chi connectivity index (χ0v) is 28.7. The summed E-state index contributed by atoms with van der Waals surface area (Å²) < 4.78 is 24.2. The molecule has 2 atom stereocenters. The molecule has 5 N–H and O–H groups in total. The van der Waals surface area contributed by atoms with Crippen LogP contribution in [0.4, 0.5) is 0 Å². The number of ketones is 1. The van der Waals surface area contributed by atoms with E-state index in [0.29, 0.717) is 22.8 Å². The zero-order valence-electron chi connectivity index (χ0n) is 26.1. The number of carboxylic acid groups (broad SMARTS) is 1. The first kappa shape index (κ1) is 46.5. The van der Waals surface area contributed by atoms with Crippen LogP contribution in [0.5, 0.6) is 17.2 Å². The molecular weight excluding hydrogens is 660 g/mol. The van der Waals surface area contributed by atoms with Crippen molar-refractivity contribution < 1.29 is 76.7 Å². The maximum Gasteiger partial charge on any atom is 0.379 e. The second-order valence-corrected chi connectivity index (χ2v) is 8.13. The van der Waals surface area contributed by atoms with Gasteiger partial charge < -0.3 is 55.1 Å². The fourth-order valence-corrected chi connectivity index (χ4v) is 3.40. The summed E-state index contributed by atoms with van der Waals surface area (Å²) in [5, 5.41) is 27.5. The van der Waals surface area contributed by atoms with Crippen LogP contribution in [0.15, 0.2) is 72.8 Å². The van der Waals surface area contributed by atoms with E-state index in [0.717, 1.165) is 0 Å². The second-order valence-electron chi connectivity index (χ2n) is 8.13. The quantitative estimate of drug-likeness (QED) is 0.109. The number of nitrogens with two attached hydrogens (primary N) is 1. The molecular formula is C31H40NO12PV-2. The van der Waals surface area contributed by atoms with Crippen molar-refractivity contribution in [3.05, 3.63) is 95.6 Å². The Morgan fingerprint density at radius 2 is 1.04 bits per heavy atom. The van der Waals surface area contributed by atoms with E-state index in [1.807, 2.05) is 0 Å². The molecule has 0 aromatic heterocycles. The third-order valence-corrected chi connectivity index (χ3v) is 5.42. The van der Waals surface area contributed by atoms with Gasteiger partial charge in [-0.2, -0.15) is 0 Å². The molecule has 1 radical (unpaired) electrons. The van der Waals surface area contributed by atoms with Gasteiger partial charge in [0.25, 0.3) is 5.78 Å². The number of Topliss-reactive ketones (excluding diaryl/α,β-unsaturated/α-hetero) is 1. The minimum absolute atomic E-state index is 0. The van der Waals surface area contributed by atoms with Crippen molar-refractivity contribution in [1.29, 1.82) is 0 Å². The van der Waals surface area contributed by atoms with Crippen LogP contribution in [0.25, 0.3) is 6.15 Å². The molecule has 3 aromatic rings. The van der Waals surface area contributed by atoms with Gasteiger partial charge >= 0.3 is 17.9 Å². The summed E-state index contributed by atoms with van der Waals surface area (Å²) in [6, 6.07) is 19.8. The first-order valence-corrected chi connectivity index (χ1v) is 12.9. The maximum atomic E-state index is 11.6. The van der Waals surface area contributed by atoms with E-state index in [4.69, 9.17) is 24.1 Å². The number of ether oxygens (including phenoxy) is 5. The zero-order chi connectivity index (χ0) is 32.4. The molecule has 15 heteroatoms. The van der Waals surface area contributed by atoms with Gasteiger partial charge in [0.2, 0.25) is 0 Å². The average molecular weight is 701 g/mol. The van der Waals surface area contributed by atoms with Crippen molar-refractivity contribution in [2.45, 2.75) is 26.1 Å². The van der Waals surface area contributed by atoms with Crippen LogP contribution in [-0.2, 0) is 42.4 Å². The van der Waals surface area contributed by atoms with E-state index in [1.165, 1.54) is 33.5 Å². The number of esters is 2. The number of carboxylic acids is 1. The normalized spacial score (nSPS) is 10.4. The van der Waals surface area contributed by atoms with Crippen LogP contribution >= 0.6 is 9.90 Å². The Labute approximate surface area is 283 Å². The number of rotatable bonds is 11. The molecule has 0 spiro atoms. The molecule has 0 heterocycles. The number of para-hydroxylation sites is 3. The van der Waals surface area contributed by atoms with E-state index in [1.54, 1.807) is 74.5 Å². The molecule has 3 aromatic carbocycles. The Morgan fingerprint density at radius 1 is 0.652 bits per heavy atom. The molecule has 13 nitrogen and oxygen atoms in total. The average Bonchev–Trinajstić information content (AvgIpc) is 3.04. The van der Waals surface area contributed by atoms with Gasteiger partial charge in [0.15, 0.2) is 12.2 Å². The number of hydrogen-bond acceptors (Lipinski definition) is 11. The predicted octanol–water partition coefficient (Wildman–Crippen LogP) is 4.59. The van der Waals surface area contributed by atoms with E-state index in [2.05, 4.69) is 4.74 Å². The smallest absolute Gasteiger partial charge is 0.379 e. The van der Waals surface area contributed by atoms with Crippen molar-refractivity contribution >= 4 is 33.6 Å². The van der Waals surface area contributed by atoms with E-state index < -0.39 is 35.9 Å². The third kappa shape index (κ3) is 14.4. The third-order valence-electron chi connectivity index (χ3n) is 5.42. The summed E-state index contributed by atoms with van der Waals surface area (Å²) in [6.07, 6.45) is -2.82. The van der Waals surface area contributed by atoms with Crippen molar-refractivity contribution in [2.75, 3.05) is 34.5 Å². The predicted molar refractivity (Wildman–Crippen MR) is 169 cm³/mol. The number of aliphatic hydroxyl groups is 2. The van der Waals surface area contributed by atoms with Gasteiger partial charge in [0.05, 0.1) is 40.1 Å². The Bertz CT molecular complexity index is 1360. The summed E-state index contributed by atoms with van der Waals surface area (Å²) in [6.45, 7) is 3.75. The monoisotopic (exact) mass is 700 g/mol. The van der Waals surface area contributed by atoms with Crippen LogP contribution < -0.4 is 14.2 Å². The molecule has 0 bridgehead atoms. The van der Waals surface area contributed by atoms with Gasteiger partial charge in [-0.3, -0.25) is 4.79 Å². The fraction of sp³-hybridized carbons (Fsp3) is 0.290. The first-order valence-electron chi connectivity index (χ1n) is 12.9. The molecule has 253 valence electrons. The minimum atomic E-state index is -1.53. The Kier molecular flexibility index (Phi) is 25.5. The van der Waals surface area contributed by atoms with Crippen LogP contribution in [-0.4, -0.2) is 73.6 Å². The number of hydrogen-bond donors (Lipinski definition) is 3. The van der Waals surface area contributed by atoms with Gasteiger partial charge in [-0.05, 0) is 38.1 Å². The van der Waals surface area contributed by atoms with E-state index in [-0.39, 0.29) is 58.9 Å². The Morgan fingerprint density at radius 3 is 1.46 bits per heavy atom. The number of carbonyl (C=O) groups excluding carboxylic acids is 3. The molecule has 0 aliphatic rings. The van der Waals surface area contributed by atoms with Gasteiger partial charge in [-0.15, -0.1) is 0 Å². The van der Waals surface area contributed by atoms with Crippen LogP contribution in [0.2, 0.25) is 0 Å². The molecule has 0 unspecified atom stereocenters. The topological polar surface area (TPSA) is 209 Å². The summed E-state index contributed by atoms with van der Waals surface area (Å²) in [5.74, 6) is -2.28. The largest absolute Gasteiger partial charge is 0.693 e. The molecule has 0 fully saturated rings. The van der Waals surface area contributed by atoms with Crippen molar-refractivity contribution in [1.82, 2.24) is 0 Å². The van der Waals surface area contributed by atoms with Crippen LogP contribution in [0.1, 0.15) is 47.5 Å². The fourth-order valence-electron chi connectivity index (χ4n) is 3.40. The van der Waals surface area contributed by atoms with E-state index >= 15 is 0 Å². The number of aliphatic carboxylic acids is 1. The number of methoxy groups -OCH3 is 3. The first-order chi connectivity index (χ1) is 20.6. The molecule has 0 saturated heterocycles. The molecule has 0 saturated carbocycles. The molecule has 46 heavy (non-hydrogen) atoms. The molecule has 0 aliphatic heterocycles. The molecule has 0 aliphatic carbocycles. The van der Waals surface area contributed by atoms with Gasteiger partial charge in [-0.1, -0.05) is 48.5 Å². The number of benzene rings is 3. The van der Waals surface area contributed by atoms with E-state index in [9.17, 15) is 29.4 Å². The Balaban J connectivity index is -0.000000586. The minimum Gasteiger partial charge on any atom is -0.693 e. The number of aliphatic hydroxyl groups excluding tert-OH is 2. The number of carbonyl (C=O) groups is 4. The second kappa shape index (κ2) is 25.3. The summed E-state index contributed by atoms with van der Waals surface area (Å²) >= 11 is 0. The van der Waals surface area contributed by atoms with Gasteiger partial charge in [0.1, 0.15) is 17.2 Å². The summed E-state index contributed by atoms with van der Waals surface area (Å²) in [7, 11) is 4.35. The van der Waals surface area contributed by atoms with Gasteiger partial charge in [-0.25, -0.2) is 14.4 Å². The standard InChI is InChI=1S/C11H14O4.C11H12O4.C9H10O4.H2N.H2P.V/c2*1-3-15-11(13)10(12)8-6-4-5-7-9(8)14-2;1-13-7-5-3-2-4-6(7)8(10)9(11)12;;;/h4-7,10,12H,3H2,1-2H3;4-7H,3H2,1-2H3;2-5,8,10H,1H3,(H,11,12);2*1H2;/q;;;2*-1;/t10-;;8-;;;/m1.1.../s1. The van der Waals surface area contributed by atoms with Crippen molar-refractivity contribution in [3.8, 4) is 17.2 Å². The Hall–Kier alpha value is -3.97. The van der Waals surface area contributed by atoms with Crippen LogP contribution in [0.3, 0.4) is 0 Å². The molecule has 3 rings (SSSR count). The SMILES string of the molecule is CCOC(=O)C(=O)c1ccccc1OC.CCOC(=O)[C@H](O)c1ccccc1OC.COc1ccccc1[C@@H](O)C(=O)O.[NH2-].[PH2-].[V]. The summed E-state index contributed by atoms with van der Waals surface area (Å²) in [4.78, 5) is 44.5. The van der Waals surface area contributed by atoms with Crippen LogP contribution in [0, 0.1) is 0 Å². The molecule has 0 amide bonds. The maximum absolute atomic E-state index is 11.6.